The highest BCUT2D eigenvalue weighted by Crippen LogP contribution is 2.38. The van der Waals surface area contributed by atoms with Gasteiger partial charge in [-0.15, -0.1) is 0 Å². The minimum absolute atomic E-state index is 0.0134. The number of nitrogens with zero attached hydrogens (tertiary/aromatic N) is 2. The normalized spacial score (nSPS) is 15.1. The van der Waals surface area contributed by atoms with Gasteiger partial charge in [0.2, 0.25) is 0 Å². The highest BCUT2D eigenvalue weighted by Gasteiger charge is 2.31. The van der Waals surface area contributed by atoms with Crippen LogP contribution < -0.4 is 10.2 Å². The van der Waals surface area contributed by atoms with Gasteiger partial charge in [-0.3, -0.25) is 24.0 Å². The van der Waals surface area contributed by atoms with E-state index in [-0.39, 0.29) is 87.2 Å². The first kappa shape index (κ1) is 69.9. The first-order valence-corrected chi connectivity index (χ1v) is 32.3. The van der Waals surface area contributed by atoms with E-state index in [9.17, 15) is 29.1 Å². The third kappa shape index (κ3) is 32.9. The number of carboxylic acids is 1. The molecule has 1 saturated carbocycles. The van der Waals surface area contributed by atoms with Crippen LogP contribution in [0.25, 0.3) is 0 Å². The van der Waals surface area contributed by atoms with Crippen molar-refractivity contribution in [1.82, 2.24) is 4.98 Å². The number of carbonyl (C=O) groups excluding carboxylic acids is 4. The number of unbranched alkanes of at least 4 members (excludes halogenated alkanes) is 24. The molecule has 0 amide bonds. The maximum Gasteiger partial charge on any atom is 0.306 e. The minimum Gasteiger partial charge on any atom is -0.481 e. The minimum atomic E-state index is -0.960. The van der Waals surface area contributed by atoms with Crippen LogP contribution in [0.3, 0.4) is 0 Å². The molecule has 2 aromatic rings. The summed E-state index contributed by atoms with van der Waals surface area (Å²) >= 11 is 6.11. The molecule has 1 aromatic heterocycles. The van der Waals surface area contributed by atoms with E-state index >= 15 is 0 Å². The molecule has 1 aromatic carbocycles. The van der Waals surface area contributed by atoms with Gasteiger partial charge < -0.3 is 34.3 Å². The van der Waals surface area contributed by atoms with Crippen molar-refractivity contribution in [2.24, 2.45) is 11.8 Å². The second-order valence-corrected chi connectivity index (χ2v) is 24.1. The van der Waals surface area contributed by atoms with Gasteiger partial charge in [0, 0.05) is 38.3 Å². The predicted molar refractivity (Wildman–Crippen MR) is 325 cm³/mol. The van der Waals surface area contributed by atoms with E-state index in [1.807, 2.05) is 32.0 Å². The Morgan fingerprint density at radius 2 is 1.09 bits per heavy atom. The summed E-state index contributed by atoms with van der Waals surface area (Å²) in [6.07, 6.45) is 35.4. The van der Waals surface area contributed by atoms with Crippen LogP contribution in [0, 0.1) is 11.8 Å². The maximum atomic E-state index is 13.4. The van der Waals surface area contributed by atoms with Crippen LogP contribution in [0.4, 0.5) is 17.1 Å². The fraction of sp³-hybridized carbons (Fsp3) is 0.758. The predicted octanol–water partition coefficient (Wildman–Crippen LogP) is 17.8. The van der Waals surface area contributed by atoms with Gasteiger partial charge in [0.1, 0.15) is 24.5 Å². The van der Waals surface area contributed by atoms with E-state index in [1.165, 1.54) is 128 Å². The second-order valence-electron chi connectivity index (χ2n) is 23.7. The van der Waals surface area contributed by atoms with Crippen LogP contribution in [0.5, 0.6) is 0 Å². The average Bonchev–Trinajstić information content (AvgIpc) is 3.48. The summed E-state index contributed by atoms with van der Waals surface area (Å²) in [7, 11) is 0. The summed E-state index contributed by atoms with van der Waals surface area (Å²) in [5.41, 5.74) is 3.51. The molecule has 14 heteroatoms. The molecule has 0 radical (unpaired) electrons. The number of hydrogen-bond acceptors (Lipinski definition) is 12. The number of carboxylic acid groups (broad SMARTS) is 1. The van der Waals surface area contributed by atoms with Gasteiger partial charge in [0.05, 0.1) is 29.7 Å². The summed E-state index contributed by atoms with van der Waals surface area (Å²) in [6, 6.07) is 9.87. The average molecular weight is 1140 g/mol. The standard InChI is InChI=1S/C66H108ClN3O10/c1-7-9-11-13-15-17-19-21-23-25-27-29-31-33-63(73)77-49-58(50-78-64(74)34-32-30-28-26-24-22-20-18-16-14-12-10-8-2)80-66(76)44-52(5)43-65(75)79-57-39-37-56(38-40-57)70(48-51(3)4)60-41-35-54(53(6)45-62(71)72)46-59(60)69-55-36-42-61(67)68-47-55/h35-36,41-42,46-47,51-53,56-58,69H,7-34,37-40,43-45,48-50H2,1-6H3,(H,71,72)/t52?,53-,56?,57?/m1/s1. The quantitative estimate of drug-likeness (QED) is 0.0278. The first-order valence-electron chi connectivity index (χ1n) is 31.9. The lowest BCUT2D eigenvalue weighted by atomic mass is 9.90. The van der Waals surface area contributed by atoms with Crippen LogP contribution in [0.1, 0.15) is 278 Å². The molecule has 3 rings (SSSR count). The first-order chi connectivity index (χ1) is 38.7. The van der Waals surface area contributed by atoms with E-state index in [0.717, 1.165) is 80.5 Å². The lowest BCUT2D eigenvalue weighted by molar-refractivity contribution is -0.168. The summed E-state index contributed by atoms with van der Waals surface area (Å²) < 4.78 is 23.0. The molecule has 0 bridgehead atoms. The van der Waals surface area contributed by atoms with Crippen LogP contribution in [0.2, 0.25) is 5.15 Å². The zero-order valence-electron chi connectivity index (χ0n) is 50.7. The molecule has 2 atom stereocenters. The fourth-order valence-corrected chi connectivity index (χ4v) is 10.9. The van der Waals surface area contributed by atoms with Crippen molar-refractivity contribution >= 4 is 58.5 Å². The third-order valence-corrected chi connectivity index (χ3v) is 15.7. The van der Waals surface area contributed by atoms with Crippen molar-refractivity contribution in [1.29, 1.82) is 0 Å². The van der Waals surface area contributed by atoms with E-state index in [1.54, 1.807) is 12.3 Å². The Balaban J connectivity index is 1.49. The van der Waals surface area contributed by atoms with Crippen molar-refractivity contribution in [2.75, 3.05) is 30.0 Å². The Morgan fingerprint density at radius 3 is 1.54 bits per heavy atom. The number of hydrogen-bond donors (Lipinski definition) is 2. The number of anilines is 3. The smallest absolute Gasteiger partial charge is 0.306 e. The van der Waals surface area contributed by atoms with E-state index < -0.39 is 18.0 Å². The number of carbonyl (C=O) groups is 5. The molecule has 1 aliphatic carbocycles. The molecule has 1 heterocycles. The molecule has 0 aliphatic heterocycles. The lowest BCUT2D eigenvalue weighted by Gasteiger charge is -2.40. The van der Waals surface area contributed by atoms with Crippen LogP contribution in [-0.4, -0.2) is 77.9 Å². The molecule has 1 fully saturated rings. The highest BCUT2D eigenvalue weighted by atomic mass is 35.5. The highest BCUT2D eigenvalue weighted by molar-refractivity contribution is 6.29. The second kappa shape index (κ2) is 43.3. The van der Waals surface area contributed by atoms with Crippen molar-refractivity contribution in [3.63, 3.8) is 0 Å². The molecule has 1 unspecified atom stereocenters. The Morgan fingerprint density at radius 1 is 0.613 bits per heavy atom. The van der Waals surface area contributed by atoms with Gasteiger partial charge in [-0.2, -0.15) is 0 Å². The number of aromatic nitrogens is 1. The molecule has 0 saturated heterocycles. The van der Waals surface area contributed by atoms with Gasteiger partial charge >= 0.3 is 29.8 Å². The van der Waals surface area contributed by atoms with Crippen molar-refractivity contribution < 1.29 is 48.0 Å². The molecule has 1 aliphatic rings. The summed E-state index contributed by atoms with van der Waals surface area (Å²) in [4.78, 5) is 70.7. The third-order valence-electron chi connectivity index (χ3n) is 15.5. The molecule has 13 nitrogen and oxygen atoms in total. The number of benzene rings is 1. The van der Waals surface area contributed by atoms with Crippen molar-refractivity contribution in [3.8, 4) is 0 Å². The Labute approximate surface area is 488 Å². The Kier molecular flexibility index (Phi) is 37.8. The number of nitrogens with one attached hydrogen (secondary N) is 1. The van der Waals surface area contributed by atoms with E-state index in [2.05, 4.69) is 49.0 Å². The lowest BCUT2D eigenvalue weighted by Crippen LogP contribution is -2.42. The van der Waals surface area contributed by atoms with Crippen LogP contribution >= 0.6 is 11.6 Å². The van der Waals surface area contributed by atoms with Gasteiger partial charge in [-0.25, -0.2) is 4.98 Å². The van der Waals surface area contributed by atoms with Gasteiger partial charge in [0.25, 0.3) is 0 Å². The maximum absolute atomic E-state index is 13.4. The molecule has 0 spiro atoms. The molecular formula is C66H108ClN3O10. The van der Waals surface area contributed by atoms with Gasteiger partial charge in [0.15, 0.2) is 6.10 Å². The van der Waals surface area contributed by atoms with Crippen molar-refractivity contribution in [3.05, 3.63) is 47.2 Å². The largest absolute Gasteiger partial charge is 0.481 e. The van der Waals surface area contributed by atoms with Gasteiger partial charge in [-0.05, 0) is 86.1 Å². The number of pyridine rings is 1. The number of rotatable bonds is 47. The summed E-state index contributed by atoms with van der Waals surface area (Å²) in [5.74, 6) is -2.75. The van der Waals surface area contributed by atoms with Crippen LogP contribution in [-0.2, 0) is 42.9 Å². The number of ether oxygens (including phenoxy) is 4. The van der Waals surface area contributed by atoms with E-state index in [0.29, 0.717) is 23.9 Å². The molecule has 80 heavy (non-hydrogen) atoms. The monoisotopic (exact) mass is 1140 g/mol. The van der Waals surface area contributed by atoms with E-state index in [4.69, 9.17) is 30.5 Å². The Bertz CT molecular complexity index is 1950. The number of halogens is 1. The summed E-state index contributed by atoms with van der Waals surface area (Å²) in [5, 5.41) is 13.5. The zero-order chi connectivity index (χ0) is 58.2. The van der Waals surface area contributed by atoms with Crippen LogP contribution in [0.15, 0.2) is 36.5 Å². The number of aliphatic carboxylic acids is 1. The van der Waals surface area contributed by atoms with Gasteiger partial charge in [-0.1, -0.05) is 213 Å². The Hall–Kier alpha value is -4.39. The topological polar surface area (TPSA) is 171 Å². The van der Waals surface area contributed by atoms with Crippen molar-refractivity contribution in [2.45, 2.75) is 290 Å². The fourth-order valence-electron chi connectivity index (χ4n) is 10.8. The molecule has 454 valence electrons. The number of esters is 4. The molecule has 2 N–H and O–H groups in total. The zero-order valence-corrected chi connectivity index (χ0v) is 51.4. The SMILES string of the molecule is CCCCCCCCCCCCCCCC(=O)OCC(COC(=O)CCCCCCCCCCCCCCC)OC(=O)CC(C)CC(=O)OC1CCC(N(CC(C)C)c2ccc([C@H](C)CC(=O)O)cc2Nc2ccc(Cl)nc2)CC1. The summed E-state index contributed by atoms with van der Waals surface area (Å²) in [6.45, 7) is 13.0. The molecular weight excluding hydrogens is 1030 g/mol.